The van der Waals surface area contributed by atoms with Crippen LogP contribution in [0.4, 0.5) is 11.6 Å². The SMILES string of the molecule is CC1CC1CNc1cc(-c2ncc([C@](C)(N)Cc3ccccc3)o2)c(Cl)c(N(C)S(C)(=O)=O)n1. The first kappa shape index (κ1) is 24.5. The van der Waals surface area contributed by atoms with Gasteiger partial charge in [0.15, 0.2) is 5.82 Å². The van der Waals surface area contributed by atoms with E-state index in [1.54, 1.807) is 12.3 Å². The fraction of sp³-hybridized carbons (Fsp3) is 0.417. The van der Waals surface area contributed by atoms with E-state index in [4.69, 9.17) is 21.8 Å². The van der Waals surface area contributed by atoms with Crippen LogP contribution in [-0.4, -0.2) is 38.2 Å². The zero-order valence-electron chi connectivity index (χ0n) is 19.7. The van der Waals surface area contributed by atoms with Gasteiger partial charge in [0, 0.05) is 13.6 Å². The molecule has 3 atom stereocenters. The highest BCUT2D eigenvalue weighted by Crippen LogP contribution is 2.40. The van der Waals surface area contributed by atoms with Crippen molar-refractivity contribution >= 4 is 33.3 Å². The Hall–Kier alpha value is -2.62. The van der Waals surface area contributed by atoms with Gasteiger partial charge in [-0.1, -0.05) is 48.9 Å². The lowest BCUT2D eigenvalue weighted by molar-refractivity contribution is 0.371. The number of aromatic nitrogens is 2. The maximum absolute atomic E-state index is 12.2. The van der Waals surface area contributed by atoms with Crippen LogP contribution in [0.15, 0.2) is 47.0 Å². The van der Waals surface area contributed by atoms with E-state index in [2.05, 4.69) is 22.2 Å². The molecule has 182 valence electrons. The van der Waals surface area contributed by atoms with Gasteiger partial charge < -0.3 is 15.5 Å². The van der Waals surface area contributed by atoms with Crippen molar-refractivity contribution in [3.05, 3.63) is 58.9 Å². The molecule has 1 aliphatic rings. The van der Waals surface area contributed by atoms with Crippen LogP contribution in [0.3, 0.4) is 0 Å². The number of nitrogens with two attached hydrogens (primary N) is 1. The molecule has 34 heavy (non-hydrogen) atoms. The first-order valence-electron chi connectivity index (χ1n) is 11.1. The average molecular weight is 504 g/mol. The number of hydrogen-bond donors (Lipinski definition) is 2. The van der Waals surface area contributed by atoms with E-state index in [0.717, 1.165) is 29.1 Å². The summed E-state index contributed by atoms with van der Waals surface area (Å²) in [4.78, 5) is 8.89. The van der Waals surface area contributed by atoms with Gasteiger partial charge in [0.1, 0.15) is 11.6 Å². The highest BCUT2D eigenvalue weighted by Gasteiger charge is 2.33. The number of pyridine rings is 1. The van der Waals surface area contributed by atoms with Crippen molar-refractivity contribution < 1.29 is 12.8 Å². The minimum absolute atomic E-state index is 0.104. The van der Waals surface area contributed by atoms with Gasteiger partial charge in [0.05, 0.1) is 28.6 Å². The Morgan fingerprint density at radius 3 is 2.62 bits per heavy atom. The van der Waals surface area contributed by atoms with Crippen LogP contribution in [0.25, 0.3) is 11.5 Å². The fourth-order valence-electron chi connectivity index (χ4n) is 3.82. The molecule has 2 unspecified atom stereocenters. The highest BCUT2D eigenvalue weighted by atomic mass is 35.5. The van der Waals surface area contributed by atoms with Crippen LogP contribution in [0, 0.1) is 11.8 Å². The lowest BCUT2D eigenvalue weighted by atomic mass is 9.92. The Labute approximate surface area is 205 Å². The normalized spacial score (nSPS) is 19.5. The second kappa shape index (κ2) is 9.20. The molecule has 4 rings (SSSR count). The molecule has 3 aromatic rings. The monoisotopic (exact) mass is 503 g/mol. The fourth-order valence-corrected chi connectivity index (χ4v) is 4.62. The van der Waals surface area contributed by atoms with Crippen molar-refractivity contribution in [2.75, 3.05) is 29.5 Å². The number of nitrogens with one attached hydrogen (secondary N) is 1. The Bertz CT molecular complexity index is 1280. The molecule has 1 aliphatic carbocycles. The third-order valence-electron chi connectivity index (χ3n) is 6.27. The van der Waals surface area contributed by atoms with E-state index in [0.29, 0.717) is 35.4 Å². The Kier molecular flexibility index (Phi) is 6.63. The molecule has 2 aromatic heterocycles. The summed E-state index contributed by atoms with van der Waals surface area (Å²) in [6, 6.07) is 11.6. The van der Waals surface area contributed by atoms with Gasteiger partial charge in [-0.2, -0.15) is 0 Å². The minimum atomic E-state index is -3.59. The van der Waals surface area contributed by atoms with Crippen LogP contribution >= 0.6 is 11.6 Å². The molecule has 8 nitrogen and oxygen atoms in total. The number of oxazole rings is 1. The Morgan fingerprint density at radius 1 is 1.32 bits per heavy atom. The molecule has 1 fully saturated rings. The van der Waals surface area contributed by atoms with Crippen molar-refractivity contribution in [3.8, 4) is 11.5 Å². The summed E-state index contributed by atoms with van der Waals surface area (Å²) >= 11 is 6.64. The third kappa shape index (κ3) is 5.37. The molecule has 2 heterocycles. The second-order valence-electron chi connectivity index (χ2n) is 9.39. The van der Waals surface area contributed by atoms with Gasteiger partial charge in [-0.15, -0.1) is 0 Å². The second-order valence-corrected chi connectivity index (χ2v) is 11.8. The van der Waals surface area contributed by atoms with Gasteiger partial charge in [0.2, 0.25) is 15.9 Å². The van der Waals surface area contributed by atoms with Gasteiger partial charge >= 0.3 is 0 Å². The van der Waals surface area contributed by atoms with Crippen LogP contribution in [0.5, 0.6) is 0 Å². The molecule has 0 spiro atoms. The van der Waals surface area contributed by atoms with E-state index < -0.39 is 15.6 Å². The molecule has 0 aliphatic heterocycles. The molecule has 10 heteroatoms. The van der Waals surface area contributed by atoms with Crippen molar-refractivity contribution in [1.82, 2.24) is 9.97 Å². The van der Waals surface area contributed by atoms with Crippen LogP contribution in [0.2, 0.25) is 5.02 Å². The van der Waals surface area contributed by atoms with Crippen LogP contribution < -0.4 is 15.4 Å². The lowest BCUT2D eigenvalue weighted by Gasteiger charge is -2.22. The third-order valence-corrected chi connectivity index (χ3v) is 7.81. The smallest absolute Gasteiger partial charge is 0.233 e. The summed E-state index contributed by atoms with van der Waals surface area (Å²) in [6.45, 7) is 4.82. The summed E-state index contributed by atoms with van der Waals surface area (Å²) in [7, 11) is -2.17. The number of benzene rings is 1. The Morgan fingerprint density at radius 2 is 2.00 bits per heavy atom. The zero-order chi connectivity index (χ0) is 24.7. The summed E-state index contributed by atoms with van der Waals surface area (Å²) in [5, 5.41) is 3.44. The molecule has 3 N–H and O–H groups in total. The number of nitrogens with zero attached hydrogens (tertiary/aromatic N) is 3. The van der Waals surface area contributed by atoms with Crippen LogP contribution in [0.1, 0.15) is 31.6 Å². The predicted octanol–water partition coefficient (Wildman–Crippen LogP) is 4.27. The van der Waals surface area contributed by atoms with Gasteiger partial charge in [-0.3, -0.25) is 4.31 Å². The topological polar surface area (TPSA) is 114 Å². The molecular weight excluding hydrogens is 474 g/mol. The Balaban J connectivity index is 1.69. The van der Waals surface area contributed by atoms with Gasteiger partial charge in [-0.25, -0.2) is 18.4 Å². The molecule has 0 radical (unpaired) electrons. The van der Waals surface area contributed by atoms with Crippen molar-refractivity contribution in [1.29, 1.82) is 0 Å². The van der Waals surface area contributed by atoms with E-state index in [9.17, 15) is 8.42 Å². The number of rotatable bonds is 9. The number of halogens is 1. The lowest BCUT2D eigenvalue weighted by Crippen LogP contribution is -2.35. The predicted molar refractivity (Wildman–Crippen MR) is 135 cm³/mol. The molecule has 1 saturated carbocycles. The maximum atomic E-state index is 12.2. The van der Waals surface area contributed by atoms with Crippen LogP contribution in [-0.2, 0) is 22.0 Å². The van der Waals surface area contributed by atoms with E-state index in [1.165, 1.54) is 7.05 Å². The zero-order valence-corrected chi connectivity index (χ0v) is 21.3. The summed E-state index contributed by atoms with van der Waals surface area (Å²) in [5.74, 6) is 2.59. The van der Waals surface area contributed by atoms with Gasteiger partial charge in [-0.05, 0) is 43.2 Å². The quantitative estimate of drug-likeness (QED) is 0.448. The molecule has 0 amide bonds. The first-order chi connectivity index (χ1) is 16.0. The molecule has 0 saturated heterocycles. The minimum Gasteiger partial charge on any atom is -0.439 e. The van der Waals surface area contributed by atoms with E-state index in [1.807, 2.05) is 37.3 Å². The summed E-state index contributed by atoms with van der Waals surface area (Å²) in [6.07, 6.45) is 4.40. The largest absolute Gasteiger partial charge is 0.439 e. The van der Waals surface area contributed by atoms with Crippen molar-refractivity contribution in [3.63, 3.8) is 0 Å². The molecule has 1 aromatic carbocycles. The number of anilines is 2. The highest BCUT2D eigenvalue weighted by molar-refractivity contribution is 7.92. The van der Waals surface area contributed by atoms with Gasteiger partial charge in [0.25, 0.3) is 0 Å². The standard InChI is InChI=1S/C24H30ClN5O3S/c1-15-10-17(15)13-27-20-11-18(21(25)22(29-20)30(3)34(4,31)32)23-28-14-19(33-23)24(2,26)12-16-8-6-5-7-9-16/h5-9,11,14-15,17H,10,12-13,26H2,1-4H3,(H,27,29)/t15?,17?,24-/m1/s1. The number of hydrogen-bond acceptors (Lipinski definition) is 7. The molecule has 0 bridgehead atoms. The summed E-state index contributed by atoms with van der Waals surface area (Å²) in [5.41, 5.74) is 7.30. The number of sulfonamides is 1. The van der Waals surface area contributed by atoms with Crippen molar-refractivity contribution in [2.24, 2.45) is 17.6 Å². The van der Waals surface area contributed by atoms with Crippen molar-refractivity contribution in [2.45, 2.75) is 32.2 Å². The average Bonchev–Trinajstić information content (AvgIpc) is 3.25. The maximum Gasteiger partial charge on any atom is 0.233 e. The van der Waals surface area contributed by atoms with E-state index in [-0.39, 0.29) is 16.7 Å². The van der Waals surface area contributed by atoms with E-state index >= 15 is 0 Å². The first-order valence-corrected chi connectivity index (χ1v) is 13.4. The molecular formula is C24H30ClN5O3S. The summed E-state index contributed by atoms with van der Waals surface area (Å²) < 4.78 is 31.6.